The normalized spacial score (nSPS) is 24.7. The van der Waals surface area contributed by atoms with Crippen LogP contribution in [0.3, 0.4) is 0 Å². The van der Waals surface area contributed by atoms with Crippen LogP contribution in [0, 0.1) is 30.1 Å². The van der Waals surface area contributed by atoms with E-state index in [9.17, 15) is 14.7 Å². The maximum atomic E-state index is 12.4. The monoisotopic (exact) mass is 418 g/mol. The Morgan fingerprint density at radius 3 is 2.81 bits per heavy atom. The standard InChI is InChI=1S/C23H22N4O4/c1-12-14(3-4-15-18(12)11-31-23(15)30)20(28)10-27-8-16-17(9-27)21(16)26-22(29)19-5-2-13(6-24)7-25-19/h2-5,7,16-17,20-21,28H,8-11H2,1H3,(H,26,29)/t16?,17?,20-,21?/m1/s1. The molecule has 0 spiro atoms. The average molecular weight is 418 g/mol. The number of β-amino-alcohol motifs (C(OH)–C–C–N with tert-alkyl or cyclic N) is 1. The number of rotatable bonds is 5. The van der Waals surface area contributed by atoms with Gasteiger partial charge in [-0.3, -0.25) is 9.69 Å². The summed E-state index contributed by atoms with van der Waals surface area (Å²) in [5.74, 6) is 0.229. The lowest BCUT2D eigenvalue weighted by Gasteiger charge is -2.24. The predicted octanol–water partition coefficient (Wildman–Crippen LogP) is 1.33. The Kier molecular flexibility index (Phi) is 4.73. The van der Waals surface area contributed by atoms with Crippen LogP contribution >= 0.6 is 0 Å². The number of piperidine rings is 1. The molecule has 2 fully saturated rings. The molecule has 3 aliphatic rings. The van der Waals surface area contributed by atoms with Crippen molar-refractivity contribution in [2.45, 2.75) is 25.7 Å². The van der Waals surface area contributed by atoms with Gasteiger partial charge in [0, 0.05) is 37.4 Å². The summed E-state index contributed by atoms with van der Waals surface area (Å²) in [5.41, 5.74) is 3.93. The number of likely N-dealkylation sites (tertiary alicyclic amines) is 1. The number of aliphatic hydroxyl groups is 1. The minimum Gasteiger partial charge on any atom is -0.457 e. The second-order valence-corrected chi connectivity index (χ2v) is 8.49. The van der Waals surface area contributed by atoms with Gasteiger partial charge in [-0.25, -0.2) is 9.78 Å². The van der Waals surface area contributed by atoms with Crippen LogP contribution in [0.5, 0.6) is 0 Å². The number of pyridine rings is 1. The molecule has 1 aliphatic carbocycles. The predicted molar refractivity (Wildman–Crippen MR) is 109 cm³/mol. The molecule has 8 nitrogen and oxygen atoms in total. The molecule has 8 heteroatoms. The Hall–Kier alpha value is -3.28. The van der Waals surface area contributed by atoms with Gasteiger partial charge in [-0.2, -0.15) is 5.26 Å². The SMILES string of the molecule is Cc1c([C@H](O)CN2CC3C(C2)C3NC(=O)c2ccc(C#N)cn2)ccc2c1COC2=O. The van der Waals surface area contributed by atoms with E-state index in [1.807, 2.05) is 19.1 Å². The highest BCUT2D eigenvalue weighted by Gasteiger charge is 2.56. The van der Waals surface area contributed by atoms with Crippen molar-refractivity contribution in [3.8, 4) is 6.07 Å². The van der Waals surface area contributed by atoms with Crippen LogP contribution in [0.2, 0.25) is 0 Å². The first kappa shape index (κ1) is 19.7. The van der Waals surface area contributed by atoms with Crippen molar-refractivity contribution in [1.82, 2.24) is 15.2 Å². The Morgan fingerprint density at radius 2 is 2.13 bits per heavy atom. The van der Waals surface area contributed by atoms with Crippen molar-refractivity contribution in [1.29, 1.82) is 5.26 Å². The number of aliphatic hydroxyl groups excluding tert-OH is 1. The third kappa shape index (κ3) is 3.46. The summed E-state index contributed by atoms with van der Waals surface area (Å²) in [5, 5.41) is 22.7. The van der Waals surface area contributed by atoms with Gasteiger partial charge >= 0.3 is 5.97 Å². The molecular weight excluding hydrogens is 396 g/mol. The van der Waals surface area contributed by atoms with Gasteiger partial charge in [0.1, 0.15) is 18.4 Å². The molecular formula is C23H22N4O4. The number of carbonyl (C=O) groups is 2. The van der Waals surface area contributed by atoms with E-state index in [1.54, 1.807) is 18.2 Å². The molecule has 3 heterocycles. The topological polar surface area (TPSA) is 116 Å². The zero-order valence-electron chi connectivity index (χ0n) is 17.0. The van der Waals surface area contributed by atoms with Crippen molar-refractivity contribution < 1.29 is 19.4 Å². The number of carbonyl (C=O) groups excluding carboxylic acids is 2. The van der Waals surface area contributed by atoms with E-state index in [4.69, 9.17) is 10.00 Å². The third-order valence-corrected chi connectivity index (χ3v) is 6.69. The highest BCUT2D eigenvalue weighted by atomic mass is 16.5. The molecule has 2 unspecified atom stereocenters. The number of benzene rings is 1. The summed E-state index contributed by atoms with van der Waals surface area (Å²) < 4.78 is 5.09. The van der Waals surface area contributed by atoms with Crippen LogP contribution in [0.15, 0.2) is 30.5 Å². The first-order valence-corrected chi connectivity index (χ1v) is 10.3. The average Bonchev–Trinajstić information content (AvgIpc) is 3.07. The molecule has 0 radical (unpaired) electrons. The Balaban J connectivity index is 1.15. The molecule has 1 saturated heterocycles. The lowest BCUT2D eigenvalue weighted by molar-refractivity contribution is 0.0534. The summed E-state index contributed by atoms with van der Waals surface area (Å²) >= 11 is 0. The van der Waals surface area contributed by atoms with Crippen molar-refractivity contribution >= 4 is 11.9 Å². The fourth-order valence-corrected chi connectivity index (χ4v) is 4.87. The van der Waals surface area contributed by atoms with Crippen LogP contribution in [-0.4, -0.2) is 52.5 Å². The van der Waals surface area contributed by atoms with Gasteiger partial charge in [-0.15, -0.1) is 0 Å². The molecule has 1 aromatic carbocycles. The quantitative estimate of drug-likeness (QED) is 0.704. The molecule has 2 aliphatic heterocycles. The van der Waals surface area contributed by atoms with Gasteiger partial charge in [0.2, 0.25) is 0 Å². The maximum absolute atomic E-state index is 12.4. The number of aromatic nitrogens is 1. The first-order valence-electron chi connectivity index (χ1n) is 10.3. The van der Waals surface area contributed by atoms with E-state index in [-0.39, 0.29) is 24.5 Å². The third-order valence-electron chi connectivity index (χ3n) is 6.69. The summed E-state index contributed by atoms with van der Waals surface area (Å²) in [6, 6.07) is 8.81. The molecule has 158 valence electrons. The highest BCUT2D eigenvalue weighted by molar-refractivity contribution is 5.94. The number of nitrogens with one attached hydrogen (secondary N) is 1. The minimum atomic E-state index is -0.644. The Morgan fingerprint density at radius 1 is 1.35 bits per heavy atom. The van der Waals surface area contributed by atoms with E-state index in [1.165, 1.54) is 6.20 Å². The van der Waals surface area contributed by atoms with Crippen molar-refractivity contribution in [3.63, 3.8) is 0 Å². The van der Waals surface area contributed by atoms with Crippen LogP contribution in [0.4, 0.5) is 0 Å². The number of cyclic esters (lactones) is 1. The number of fused-ring (bicyclic) bond motifs is 2. The molecule has 2 N–H and O–H groups in total. The van der Waals surface area contributed by atoms with Gasteiger partial charge in [-0.1, -0.05) is 6.07 Å². The zero-order valence-corrected chi connectivity index (χ0v) is 17.0. The maximum Gasteiger partial charge on any atom is 0.338 e. The number of ether oxygens (including phenoxy) is 1. The van der Waals surface area contributed by atoms with Gasteiger partial charge in [-0.05, 0) is 48.1 Å². The molecule has 1 saturated carbocycles. The highest BCUT2D eigenvalue weighted by Crippen LogP contribution is 2.46. The van der Waals surface area contributed by atoms with Gasteiger partial charge in [0.15, 0.2) is 0 Å². The van der Waals surface area contributed by atoms with Gasteiger partial charge in [0.05, 0.1) is 17.2 Å². The number of nitriles is 1. The van der Waals surface area contributed by atoms with Crippen LogP contribution in [0.1, 0.15) is 49.2 Å². The van der Waals surface area contributed by atoms with E-state index in [0.717, 1.165) is 29.8 Å². The summed E-state index contributed by atoms with van der Waals surface area (Å²) in [4.78, 5) is 30.3. The van der Waals surface area contributed by atoms with Crippen LogP contribution in [-0.2, 0) is 11.3 Å². The van der Waals surface area contributed by atoms with Crippen molar-refractivity contribution in [2.24, 2.45) is 11.8 Å². The Bertz CT molecular complexity index is 1100. The molecule has 2 aromatic rings. The number of amides is 1. The van der Waals surface area contributed by atoms with E-state index in [2.05, 4.69) is 15.2 Å². The zero-order chi connectivity index (χ0) is 21.7. The summed E-state index contributed by atoms with van der Waals surface area (Å²) in [6.45, 7) is 4.34. The summed E-state index contributed by atoms with van der Waals surface area (Å²) in [7, 11) is 0. The molecule has 0 bridgehead atoms. The van der Waals surface area contributed by atoms with E-state index in [0.29, 0.717) is 35.2 Å². The van der Waals surface area contributed by atoms with Crippen molar-refractivity contribution in [2.75, 3.05) is 19.6 Å². The van der Waals surface area contributed by atoms with Gasteiger partial charge in [0.25, 0.3) is 5.91 Å². The second-order valence-electron chi connectivity index (χ2n) is 8.49. The van der Waals surface area contributed by atoms with E-state index < -0.39 is 6.10 Å². The van der Waals surface area contributed by atoms with E-state index >= 15 is 0 Å². The minimum absolute atomic E-state index is 0.128. The smallest absolute Gasteiger partial charge is 0.338 e. The molecule has 1 aromatic heterocycles. The van der Waals surface area contributed by atoms with Gasteiger partial charge < -0.3 is 15.2 Å². The summed E-state index contributed by atoms with van der Waals surface area (Å²) in [6.07, 6.45) is 0.753. The largest absolute Gasteiger partial charge is 0.457 e. The van der Waals surface area contributed by atoms with Crippen LogP contribution in [0.25, 0.3) is 0 Å². The first-order chi connectivity index (χ1) is 15.0. The lowest BCUT2D eigenvalue weighted by Crippen LogP contribution is -2.36. The molecule has 31 heavy (non-hydrogen) atoms. The fraction of sp³-hybridized carbons (Fsp3) is 0.391. The number of esters is 1. The molecule has 1 amide bonds. The van der Waals surface area contributed by atoms with Crippen LogP contribution < -0.4 is 5.32 Å². The Labute approximate surface area is 179 Å². The van der Waals surface area contributed by atoms with Crippen molar-refractivity contribution in [3.05, 3.63) is 64.0 Å². The molecule has 5 rings (SSSR count). The number of hydrogen-bond acceptors (Lipinski definition) is 7. The molecule has 3 atom stereocenters. The number of hydrogen-bond donors (Lipinski definition) is 2. The fourth-order valence-electron chi connectivity index (χ4n) is 4.87. The number of nitrogens with zero attached hydrogens (tertiary/aromatic N) is 3. The second kappa shape index (κ2) is 7.45. The lowest BCUT2D eigenvalue weighted by atomic mass is 9.95.